The minimum Gasteiger partial charge on any atom is -0.507 e. The number of para-hydroxylation sites is 1. The van der Waals surface area contributed by atoms with E-state index in [2.05, 4.69) is 11.8 Å². The predicted octanol–water partition coefficient (Wildman–Crippen LogP) is 6.13. The molecule has 33 heavy (non-hydrogen) atoms. The molecule has 0 saturated carbocycles. The molecule has 172 valence electrons. The molecule has 2 aromatic carbocycles. The summed E-state index contributed by atoms with van der Waals surface area (Å²) in [6, 6.07) is 9.75. The average molecular weight is 463 g/mol. The van der Waals surface area contributed by atoms with Crippen LogP contribution in [0.4, 0.5) is 0 Å². The van der Waals surface area contributed by atoms with Gasteiger partial charge in [-0.05, 0) is 62.0 Å². The number of phenols is 1. The van der Waals surface area contributed by atoms with Gasteiger partial charge in [0.05, 0.1) is 26.7 Å². The number of hydrogen-bond donors (Lipinski definition) is 1. The molecule has 1 saturated heterocycles. The number of phenolic OH excluding ortho intramolecular Hbond substituents is 1. The van der Waals surface area contributed by atoms with Crippen molar-refractivity contribution in [2.24, 2.45) is 5.92 Å². The Bertz CT molecular complexity index is 1350. The van der Waals surface area contributed by atoms with Crippen molar-refractivity contribution in [1.29, 1.82) is 0 Å². The van der Waals surface area contributed by atoms with Crippen molar-refractivity contribution in [3.8, 4) is 16.3 Å². The molecule has 0 radical (unpaired) electrons. The number of piperidine rings is 1. The standard InChI is InChI=1S/C27H30N2O3S/c1-4-17-14-18-25(31)23(27-28-20-8-6-7-9-22(20)33-27)21(5-2)32-26(18)19(24(17)30)15-29-12-10-16(3)11-13-29/h6-9,14,16,30H,4-5,10-13,15H2,1-3H3. The van der Waals surface area contributed by atoms with Crippen LogP contribution in [-0.2, 0) is 19.4 Å². The van der Waals surface area contributed by atoms with E-state index >= 15 is 0 Å². The Morgan fingerprint density at radius 1 is 1.18 bits per heavy atom. The number of rotatable bonds is 5. The first-order chi connectivity index (χ1) is 16.0. The van der Waals surface area contributed by atoms with Crippen molar-refractivity contribution in [2.45, 2.75) is 53.0 Å². The Hall–Kier alpha value is -2.70. The molecule has 1 fully saturated rings. The Labute approximate surface area is 197 Å². The van der Waals surface area contributed by atoms with Gasteiger partial charge in [0, 0.05) is 13.0 Å². The van der Waals surface area contributed by atoms with E-state index in [1.165, 1.54) is 11.3 Å². The minimum absolute atomic E-state index is 0.0598. The molecular formula is C27H30N2O3S. The van der Waals surface area contributed by atoms with Crippen molar-refractivity contribution in [1.82, 2.24) is 9.88 Å². The first-order valence-electron chi connectivity index (χ1n) is 11.9. The van der Waals surface area contributed by atoms with Gasteiger partial charge >= 0.3 is 0 Å². The van der Waals surface area contributed by atoms with E-state index in [1.807, 2.05) is 44.2 Å². The number of benzene rings is 2. The van der Waals surface area contributed by atoms with E-state index < -0.39 is 0 Å². The molecule has 0 bridgehead atoms. The number of thiazole rings is 1. The van der Waals surface area contributed by atoms with Gasteiger partial charge in [0.25, 0.3) is 0 Å². The van der Waals surface area contributed by atoms with E-state index in [4.69, 9.17) is 9.40 Å². The molecule has 0 unspecified atom stereocenters. The van der Waals surface area contributed by atoms with Crippen molar-refractivity contribution in [3.05, 3.63) is 57.4 Å². The molecule has 5 rings (SSSR count). The lowest BCUT2D eigenvalue weighted by Crippen LogP contribution is -2.32. The average Bonchev–Trinajstić information content (AvgIpc) is 3.25. The van der Waals surface area contributed by atoms with Crippen molar-refractivity contribution in [2.75, 3.05) is 13.1 Å². The summed E-state index contributed by atoms with van der Waals surface area (Å²) >= 11 is 1.52. The van der Waals surface area contributed by atoms with Crippen LogP contribution in [0.25, 0.3) is 31.8 Å². The highest BCUT2D eigenvalue weighted by molar-refractivity contribution is 7.21. The van der Waals surface area contributed by atoms with Gasteiger partial charge in [0.15, 0.2) is 0 Å². The summed E-state index contributed by atoms with van der Waals surface area (Å²) in [4.78, 5) is 21.0. The number of aryl methyl sites for hydroxylation is 2. The molecule has 3 heterocycles. The predicted molar refractivity (Wildman–Crippen MR) is 135 cm³/mol. The lowest BCUT2D eigenvalue weighted by atomic mass is 9.97. The Kier molecular flexibility index (Phi) is 5.97. The van der Waals surface area contributed by atoms with Crippen LogP contribution in [-0.4, -0.2) is 28.1 Å². The van der Waals surface area contributed by atoms with E-state index in [9.17, 15) is 9.90 Å². The lowest BCUT2D eigenvalue weighted by molar-refractivity contribution is 0.183. The molecule has 4 aromatic rings. The fourth-order valence-corrected chi connectivity index (χ4v) is 5.82. The number of nitrogens with zero attached hydrogens (tertiary/aromatic N) is 2. The Balaban J connectivity index is 1.71. The summed E-state index contributed by atoms with van der Waals surface area (Å²) in [7, 11) is 0. The summed E-state index contributed by atoms with van der Waals surface area (Å²) in [6.45, 7) is 8.87. The second-order valence-corrected chi connectivity index (χ2v) is 10.2. The largest absolute Gasteiger partial charge is 0.507 e. The zero-order valence-electron chi connectivity index (χ0n) is 19.5. The third kappa shape index (κ3) is 3.96. The van der Waals surface area contributed by atoms with Crippen LogP contribution in [0.5, 0.6) is 5.75 Å². The third-order valence-corrected chi connectivity index (χ3v) is 7.92. The van der Waals surface area contributed by atoms with Gasteiger partial charge in [-0.2, -0.15) is 0 Å². The highest BCUT2D eigenvalue weighted by Crippen LogP contribution is 2.37. The normalized spacial score (nSPS) is 15.6. The summed E-state index contributed by atoms with van der Waals surface area (Å²) in [5.74, 6) is 1.62. The van der Waals surface area contributed by atoms with Crippen LogP contribution in [0, 0.1) is 5.92 Å². The molecule has 5 nitrogen and oxygen atoms in total. The topological polar surface area (TPSA) is 66.6 Å². The number of fused-ring (bicyclic) bond motifs is 2. The lowest BCUT2D eigenvalue weighted by Gasteiger charge is -2.30. The molecule has 0 spiro atoms. The maximum absolute atomic E-state index is 13.9. The summed E-state index contributed by atoms with van der Waals surface area (Å²) < 4.78 is 7.48. The SMILES string of the molecule is CCc1cc2c(=O)c(-c3nc4ccccc4s3)c(CC)oc2c(CN2CCC(C)CC2)c1O. The van der Waals surface area contributed by atoms with Crippen molar-refractivity contribution in [3.63, 3.8) is 0 Å². The highest BCUT2D eigenvalue weighted by Gasteiger charge is 2.25. The number of aromatic hydroxyl groups is 1. The molecule has 0 amide bonds. The van der Waals surface area contributed by atoms with E-state index in [-0.39, 0.29) is 11.2 Å². The van der Waals surface area contributed by atoms with Gasteiger partial charge in [0.1, 0.15) is 22.1 Å². The Morgan fingerprint density at radius 2 is 1.94 bits per heavy atom. The van der Waals surface area contributed by atoms with E-state index in [0.717, 1.165) is 53.2 Å². The molecule has 2 aromatic heterocycles. The summed E-state index contributed by atoms with van der Waals surface area (Å²) in [5, 5.41) is 12.3. The maximum atomic E-state index is 13.9. The van der Waals surface area contributed by atoms with Gasteiger partial charge in [0.2, 0.25) is 5.43 Å². The monoisotopic (exact) mass is 462 g/mol. The first-order valence-corrected chi connectivity index (χ1v) is 12.7. The smallest absolute Gasteiger partial charge is 0.203 e. The second-order valence-electron chi connectivity index (χ2n) is 9.12. The van der Waals surface area contributed by atoms with E-state index in [1.54, 1.807) is 0 Å². The van der Waals surface area contributed by atoms with Crippen LogP contribution < -0.4 is 5.43 Å². The van der Waals surface area contributed by atoms with Crippen LogP contribution in [0.1, 0.15) is 50.5 Å². The van der Waals surface area contributed by atoms with Crippen LogP contribution in [0.2, 0.25) is 0 Å². The van der Waals surface area contributed by atoms with Gasteiger partial charge < -0.3 is 9.52 Å². The molecular weight excluding hydrogens is 432 g/mol. The quantitative estimate of drug-likeness (QED) is 0.386. The van der Waals surface area contributed by atoms with Crippen LogP contribution in [0.15, 0.2) is 39.5 Å². The highest BCUT2D eigenvalue weighted by atomic mass is 32.1. The molecule has 1 N–H and O–H groups in total. The van der Waals surface area contributed by atoms with Crippen molar-refractivity contribution < 1.29 is 9.52 Å². The number of likely N-dealkylation sites (tertiary alicyclic amines) is 1. The van der Waals surface area contributed by atoms with Gasteiger partial charge in [-0.15, -0.1) is 11.3 Å². The minimum atomic E-state index is -0.0598. The summed E-state index contributed by atoms with van der Waals surface area (Å²) in [5.41, 5.74) is 3.43. The molecule has 0 aliphatic carbocycles. The fourth-order valence-electron chi connectivity index (χ4n) is 4.80. The van der Waals surface area contributed by atoms with Gasteiger partial charge in [-0.1, -0.05) is 32.9 Å². The van der Waals surface area contributed by atoms with Gasteiger partial charge in [-0.25, -0.2) is 4.98 Å². The second kappa shape index (κ2) is 8.92. The van der Waals surface area contributed by atoms with Crippen LogP contribution >= 0.6 is 11.3 Å². The van der Waals surface area contributed by atoms with Crippen LogP contribution in [0.3, 0.4) is 0 Å². The number of aromatic nitrogens is 1. The molecule has 1 aliphatic heterocycles. The maximum Gasteiger partial charge on any atom is 0.203 e. The molecule has 1 aliphatic rings. The zero-order chi connectivity index (χ0) is 23.1. The Morgan fingerprint density at radius 3 is 2.64 bits per heavy atom. The molecule has 6 heteroatoms. The molecule has 0 atom stereocenters. The summed E-state index contributed by atoms with van der Waals surface area (Å²) in [6.07, 6.45) is 3.53. The van der Waals surface area contributed by atoms with E-state index in [0.29, 0.717) is 46.7 Å². The van der Waals surface area contributed by atoms with Gasteiger partial charge in [-0.3, -0.25) is 9.69 Å². The first kappa shape index (κ1) is 22.1. The van der Waals surface area contributed by atoms with Crippen molar-refractivity contribution >= 4 is 32.5 Å². The zero-order valence-corrected chi connectivity index (χ0v) is 20.3. The number of hydrogen-bond acceptors (Lipinski definition) is 6. The third-order valence-electron chi connectivity index (χ3n) is 6.87. The fraction of sp³-hybridized carbons (Fsp3) is 0.407.